The van der Waals surface area contributed by atoms with E-state index in [2.05, 4.69) is 5.32 Å². The summed E-state index contributed by atoms with van der Waals surface area (Å²) in [5.41, 5.74) is 0.769. The molecular formula is C14H18N4O2. The number of anilines is 1. The van der Waals surface area contributed by atoms with Crippen LogP contribution < -0.4 is 10.2 Å². The highest BCUT2D eigenvalue weighted by Gasteiger charge is 2.19. The monoisotopic (exact) mass is 274 g/mol. The molecule has 1 heterocycles. The fraction of sp³-hybridized carbons (Fsp3) is 0.500. The number of nitro groups is 1. The number of hydrogen-bond acceptors (Lipinski definition) is 5. The molecule has 0 aromatic heterocycles. The first-order chi connectivity index (χ1) is 9.61. The lowest BCUT2D eigenvalue weighted by Crippen LogP contribution is -2.34. The van der Waals surface area contributed by atoms with Gasteiger partial charge in [0.2, 0.25) is 0 Å². The summed E-state index contributed by atoms with van der Waals surface area (Å²) >= 11 is 0. The Bertz CT molecular complexity index is 532. The van der Waals surface area contributed by atoms with Crippen molar-refractivity contribution in [1.29, 1.82) is 5.26 Å². The van der Waals surface area contributed by atoms with Gasteiger partial charge in [0.25, 0.3) is 5.69 Å². The third kappa shape index (κ3) is 3.25. The fourth-order valence-electron chi connectivity index (χ4n) is 2.56. The molecule has 1 aromatic carbocycles. The van der Waals surface area contributed by atoms with E-state index in [9.17, 15) is 10.1 Å². The van der Waals surface area contributed by atoms with Crippen LogP contribution in [-0.4, -0.2) is 31.6 Å². The van der Waals surface area contributed by atoms with Gasteiger partial charge in [-0.15, -0.1) is 0 Å². The Morgan fingerprint density at radius 3 is 2.80 bits per heavy atom. The highest BCUT2D eigenvalue weighted by molar-refractivity contribution is 5.60. The number of hydrogen-bond donors (Lipinski definition) is 1. The smallest absolute Gasteiger partial charge is 0.289 e. The van der Waals surface area contributed by atoms with Crippen LogP contribution >= 0.6 is 0 Å². The van der Waals surface area contributed by atoms with Gasteiger partial charge in [0.05, 0.1) is 4.92 Å². The van der Waals surface area contributed by atoms with E-state index < -0.39 is 4.92 Å². The van der Waals surface area contributed by atoms with Crippen molar-refractivity contribution in [1.82, 2.24) is 5.32 Å². The molecule has 1 saturated heterocycles. The largest absolute Gasteiger partial charge is 0.374 e. The van der Waals surface area contributed by atoms with Crippen molar-refractivity contribution >= 4 is 11.4 Å². The van der Waals surface area contributed by atoms with Crippen LogP contribution in [0.4, 0.5) is 11.4 Å². The molecule has 20 heavy (non-hydrogen) atoms. The van der Waals surface area contributed by atoms with Crippen LogP contribution in [0.3, 0.4) is 0 Å². The Balaban J connectivity index is 2.13. The normalized spacial score (nSPS) is 15.6. The quantitative estimate of drug-likeness (QED) is 0.670. The summed E-state index contributed by atoms with van der Waals surface area (Å²) in [4.78, 5) is 12.5. The van der Waals surface area contributed by atoms with Gasteiger partial charge in [-0.05, 0) is 44.0 Å². The second-order valence-corrected chi connectivity index (χ2v) is 5.14. The standard InChI is InChI=1S/C14H18N4O2/c1-17(10-11-4-6-16-7-5-11)13-3-2-12(9-15)14(8-13)18(19)20/h2-3,8,11,16H,4-7,10H2,1H3. The van der Waals surface area contributed by atoms with E-state index in [-0.39, 0.29) is 11.3 Å². The van der Waals surface area contributed by atoms with Gasteiger partial charge >= 0.3 is 0 Å². The zero-order valence-corrected chi connectivity index (χ0v) is 11.5. The van der Waals surface area contributed by atoms with Gasteiger partial charge in [0.1, 0.15) is 11.6 Å². The summed E-state index contributed by atoms with van der Waals surface area (Å²) < 4.78 is 0. The molecule has 0 bridgehead atoms. The Morgan fingerprint density at radius 1 is 1.50 bits per heavy atom. The minimum absolute atomic E-state index is 0.106. The zero-order chi connectivity index (χ0) is 14.5. The van der Waals surface area contributed by atoms with E-state index in [4.69, 9.17) is 5.26 Å². The van der Waals surface area contributed by atoms with Crippen molar-refractivity contribution in [2.45, 2.75) is 12.8 Å². The highest BCUT2D eigenvalue weighted by Crippen LogP contribution is 2.26. The third-order valence-corrected chi connectivity index (χ3v) is 3.73. The lowest BCUT2D eigenvalue weighted by molar-refractivity contribution is -0.385. The maximum atomic E-state index is 11.0. The summed E-state index contributed by atoms with van der Waals surface area (Å²) in [5, 5.41) is 23.2. The Hall–Kier alpha value is -2.13. The van der Waals surface area contributed by atoms with E-state index >= 15 is 0 Å². The zero-order valence-electron chi connectivity index (χ0n) is 11.5. The molecule has 106 valence electrons. The molecular weight excluding hydrogens is 256 g/mol. The molecule has 0 radical (unpaired) electrons. The molecule has 1 N–H and O–H groups in total. The van der Waals surface area contributed by atoms with E-state index in [0.717, 1.165) is 38.2 Å². The average molecular weight is 274 g/mol. The topological polar surface area (TPSA) is 82.2 Å². The maximum Gasteiger partial charge on any atom is 0.289 e. The first-order valence-electron chi connectivity index (χ1n) is 6.72. The van der Waals surface area contributed by atoms with Gasteiger partial charge < -0.3 is 10.2 Å². The van der Waals surface area contributed by atoms with Gasteiger partial charge in [0, 0.05) is 25.3 Å². The van der Waals surface area contributed by atoms with E-state index in [1.807, 2.05) is 18.0 Å². The Labute approximate surface area is 118 Å². The van der Waals surface area contributed by atoms with E-state index in [1.165, 1.54) is 12.1 Å². The van der Waals surface area contributed by atoms with Gasteiger partial charge in [-0.25, -0.2) is 0 Å². The first kappa shape index (κ1) is 14.3. The predicted molar refractivity (Wildman–Crippen MR) is 76.7 cm³/mol. The van der Waals surface area contributed by atoms with Crippen LogP contribution in [0.2, 0.25) is 0 Å². The van der Waals surface area contributed by atoms with Crippen LogP contribution in [-0.2, 0) is 0 Å². The number of rotatable bonds is 4. The molecule has 1 aliphatic heterocycles. The molecule has 0 spiro atoms. The fourth-order valence-corrected chi connectivity index (χ4v) is 2.56. The minimum Gasteiger partial charge on any atom is -0.374 e. The van der Waals surface area contributed by atoms with Crippen molar-refractivity contribution in [3.63, 3.8) is 0 Å². The molecule has 6 nitrogen and oxygen atoms in total. The number of nitro benzene ring substituents is 1. The molecule has 0 saturated carbocycles. The second kappa shape index (κ2) is 6.35. The van der Waals surface area contributed by atoms with Crippen molar-refractivity contribution in [3.8, 4) is 6.07 Å². The Kier molecular flexibility index (Phi) is 4.53. The summed E-state index contributed by atoms with van der Waals surface area (Å²) in [5.74, 6) is 0.607. The molecule has 0 unspecified atom stereocenters. The summed E-state index contributed by atoms with van der Waals surface area (Å²) in [6.07, 6.45) is 2.26. The highest BCUT2D eigenvalue weighted by atomic mass is 16.6. The van der Waals surface area contributed by atoms with Crippen molar-refractivity contribution in [2.24, 2.45) is 5.92 Å². The van der Waals surface area contributed by atoms with Gasteiger partial charge in [-0.2, -0.15) is 5.26 Å². The van der Waals surface area contributed by atoms with Crippen LogP contribution in [0.5, 0.6) is 0 Å². The minimum atomic E-state index is -0.500. The molecule has 2 rings (SSSR count). The molecule has 6 heteroatoms. The van der Waals surface area contributed by atoms with Crippen molar-refractivity contribution in [3.05, 3.63) is 33.9 Å². The molecule has 0 aliphatic carbocycles. The molecule has 0 amide bonds. The third-order valence-electron chi connectivity index (χ3n) is 3.73. The van der Waals surface area contributed by atoms with Crippen molar-refractivity contribution < 1.29 is 4.92 Å². The summed E-state index contributed by atoms with van der Waals surface area (Å²) in [7, 11) is 1.94. The molecule has 0 atom stereocenters. The lowest BCUT2D eigenvalue weighted by Gasteiger charge is -2.28. The van der Waals surface area contributed by atoms with Crippen LogP contribution in [0.25, 0.3) is 0 Å². The van der Waals surface area contributed by atoms with Crippen molar-refractivity contribution in [2.75, 3.05) is 31.6 Å². The van der Waals surface area contributed by atoms with Gasteiger partial charge in [-0.1, -0.05) is 0 Å². The maximum absolute atomic E-state index is 11.0. The number of nitriles is 1. The molecule has 1 aromatic rings. The first-order valence-corrected chi connectivity index (χ1v) is 6.72. The van der Waals surface area contributed by atoms with Gasteiger partial charge in [0.15, 0.2) is 0 Å². The van der Waals surface area contributed by atoms with E-state index in [0.29, 0.717) is 5.92 Å². The van der Waals surface area contributed by atoms with E-state index in [1.54, 1.807) is 6.07 Å². The van der Waals surface area contributed by atoms with Crippen LogP contribution in [0.1, 0.15) is 18.4 Å². The molecule has 1 aliphatic rings. The van der Waals surface area contributed by atoms with Crippen LogP contribution in [0, 0.1) is 27.4 Å². The number of nitrogens with zero attached hydrogens (tertiary/aromatic N) is 3. The number of benzene rings is 1. The summed E-state index contributed by atoms with van der Waals surface area (Å²) in [6, 6.07) is 6.63. The molecule has 1 fully saturated rings. The van der Waals surface area contributed by atoms with Gasteiger partial charge in [-0.3, -0.25) is 10.1 Å². The SMILES string of the molecule is CN(CC1CCNCC1)c1ccc(C#N)c([N+](=O)[O-])c1. The summed E-state index contributed by atoms with van der Waals surface area (Å²) in [6.45, 7) is 2.95. The average Bonchev–Trinajstić information content (AvgIpc) is 2.47. The second-order valence-electron chi connectivity index (χ2n) is 5.14. The predicted octanol–water partition coefficient (Wildman–Crippen LogP) is 1.90. The lowest BCUT2D eigenvalue weighted by atomic mass is 9.97. The van der Waals surface area contributed by atoms with Crippen LogP contribution in [0.15, 0.2) is 18.2 Å². The number of nitrogens with one attached hydrogen (secondary N) is 1. The Morgan fingerprint density at radius 2 is 2.20 bits per heavy atom. The number of piperidine rings is 1.